The number of carbonyl (C=O) groups excluding carboxylic acids is 2. The summed E-state index contributed by atoms with van der Waals surface area (Å²) in [6, 6.07) is 20.3. The van der Waals surface area contributed by atoms with Crippen molar-refractivity contribution in [1.82, 2.24) is 4.98 Å². The van der Waals surface area contributed by atoms with E-state index in [1.54, 1.807) is 13.8 Å². The molecule has 1 atom stereocenters. The van der Waals surface area contributed by atoms with Gasteiger partial charge in [0.1, 0.15) is 4.88 Å². The first kappa shape index (κ1) is 20.3. The van der Waals surface area contributed by atoms with Gasteiger partial charge < -0.3 is 10.1 Å². The molecule has 0 saturated heterocycles. The monoisotopic (exact) mass is 420 g/mol. The van der Waals surface area contributed by atoms with Crippen LogP contribution in [0.1, 0.15) is 46.8 Å². The molecule has 1 fully saturated rings. The van der Waals surface area contributed by atoms with Crippen LogP contribution in [0, 0.1) is 12.3 Å². The maximum atomic E-state index is 13.4. The first-order valence-corrected chi connectivity index (χ1v) is 10.8. The quantitative estimate of drug-likeness (QED) is 0.572. The van der Waals surface area contributed by atoms with E-state index in [4.69, 9.17) is 4.74 Å². The number of amides is 1. The molecule has 1 amide bonds. The summed E-state index contributed by atoms with van der Waals surface area (Å²) in [5, 5.41) is 3.38. The maximum Gasteiger partial charge on any atom is 0.350 e. The highest BCUT2D eigenvalue weighted by Crippen LogP contribution is 2.68. The lowest BCUT2D eigenvalue weighted by Crippen LogP contribution is -2.30. The van der Waals surface area contributed by atoms with E-state index >= 15 is 0 Å². The van der Waals surface area contributed by atoms with Crippen LogP contribution in [0.25, 0.3) is 0 Å². The van der Waals surface area contributed by atoms with Gasteiger partial charge >= 0.3 is 5.97 Å². The van der Waals surface area contributed by atoms with Crippen molar-refractivity contribution in [3.8, 4) is 0 Å². The summed E-state index contributed by atoms with van der Waals surface area (Å²) in [6.45, 7) is 5.80. The molecule has 1 aromatic heterocycles. The summed E-state index contributed by atoms with van der Waals surface area (Å²) in [4.78, 5) is 30.3. The second-order valence-electron chi connectivity index (χ2n) is 7.75. The van der Waals surface area contributed by atoms with Gasteiger partial charge in [0.15, 0.2) is 5.13 Å². The molecular formula is C24H24N2O3S. The Bertz CT molecular complexity index is 1040. The van der Waals surface area contributed by atoms with Gasteiger partial charge in [0, 0.05) is 5.41 Å². The summed E-state index contributed by atoms with van der Waals surface area (Å²) < 4.78 is 5.07. The van der Waals surface area contributed by atoms with Gasteiger partial charge in [-0.1, -0.05) is 72.0 Å². The molecule has 1 aliphatic carbocycles. The maximum absolute atomic E-state index is 13.4. The second kappa shape index (κ2) is 7.69. The van der Waals surface area contributed by atoms with E-state index in [0.717, 1.165) is 22.5 Å². The molecule has 30 heavy (non-hydrogen) atoms. The van der Waals surface area contributed by atoms with E-state index in [2.05, 4.69) is 34.6 Å². The van der Waals surface area contributed by atoms with Crippen molar-refractivity contribution in [1.29, 1.82) is 0 Å². The average molecular weight is 421 g/mol. The number of thiazole rings is 1. The molecule has 1 aliphatic rings. The number of anilines is 1. The van der Waals surface area contributed by atoms with Gasteiger partial charge in [0.2, 0.25) is 5.91 Å². The first-order chi connectivity index (χ1) is 14.4. The molecule has 4 rings (SSSR count). The fraction of sp³-hybridized carbons (Fsp3) is 0.292. The van der Waals surface area contributed by atoms with Crippen molar-refractivity contribution in [2.45, 2.75) is 32.6 Å². The zero-order valence-electron chi connectivity index (χ0n) is 17.3. The Labute approximate surface area is 180 Å². The van der Waals surface area contributed by atoms with Crippen LogP contribution in [-0.2, 0) is 14.9 Å². The van der Waals surface area contributed by atoms with Crippen LogP contribution < -0.4 is 5.32 Å². The van der Waals surface area contributed by atoms with E-state index in [1.165, 1.54) is 0 Å². The summed E-state index contributed by atoms with van der Waals surface area (Å²) in [6.07, 6.45) is 0.703. The van der Waals surface area contributed by atoms with Gasteiger partial charge in [-0.2, -0.15) is 0 Å². The Balaban J connectivity index is 1.64. The average Bonchev–Trinajstić information content (AvgIpc) is 3.26. The Hall–Kier alpha value is -2.99. The predicted molar refractivity (Wildman–Crippen MR) is 118 cm³/mol. The molecule has 0 radical (unpaired) electrons. The van der Waals surface area contributed by atoms with Crippen LogP contribution in [0.4, 0.5) is 5.13 Å². The van der Waals surface area contributed by atoms with Crippen molar-refractivity contribution in [2.24, 2.45) is 5.41 Å². The van der Waals surface area contributed by atoms with Gasteiger partial charge in [0.05, 0.1) is 17.7 Å². The van der Waals surface area contributed by atoms with Crippen molar-refractivity contribution in [3.63, 3.8) is 0 Å². The Morgan fingerprint density at radius 3 is 2.17 bits per heavy atom. The topological polar surface area (TPSA) is 68.3 Å². The lowest BCUT2D eigenvalue weighted by molar-refractivity contribution is -0.121. The number of esters is 1. The van der Waals surface area contributed by atoms with Crippen LogP contribution in [-0.4, -0.2) is 23.5 Å². The molecule has 3 aromatic rings. The molecule has 0 aliphatic heterocycles. The van der Waals surface area contributed by atoms with Gasteiger partial charge in [-0.05, 0) is 38.3 Å². The van der Waals surface area contributed by atoms with Gasteiger partial charge in [-0.25, -0.2) is 9.78 Å². The van der Waals surface area contributed by atoms with Gasteiger partial charge in [-0.3, -0.25) is 4.79 Å². The number of carbonyl (C=O) groups is 2. The van der Waals surface area contributed by atoms with E-state index in [-0.39, 0.29) is 5.91 Å². The third-order valence-corrected chi connectivity index (χ3v) is 7.00. The Morgan fingerprint density at radius 2 is 1.63 bits per heavy atom. The van der Waals surface area contributed by atoms with Gasteiger partial charge in [-0.15, -0.1) is 0 Å². The number of nitrogens with zero attached hydrogens (tertiary/aromatic N) is 1. The third kappa shape index (κ3) is 3.21. The van der Waals surface area contributed by atoms with Crippen molar-refractivity contribution in [2.75, 3.05) is 11.9 Å². The minimum Gasteiger partial charge on any atom is -0.462 e. The number of rotatable bonds is 6. The van der Waals surface area contributed by atoms with E-state index in [0.29, 0.717) is 28.7 Å². The summed E-state index contributed by atoms with van der Waals surface area (Å²) >= 11 is 1.15. The summed E-state index contributed by atoms with van der Waals surface area (Å²) in [5.74, 6) is -0.507. The highest BCUT2D eigenvalue weighted by molar-refractivity contribution is 7.17. The minimum atomic E-state index is -0.626. The number of nitrogens with one attached hydrogen (secondary N) is 1. The lowest BCUT2D eigenvalue weighted by Gasteiger charge is -2.23. The number of hydrogen-bond acceptors (Lipinski definition) is 5. The number of ether oxygens (including phenoxy) is 1. The van der Waals surface area contributed by atoms with Crippen LogP contribution >= 0.6 is 11.3 Å². The predicted octanol–water partition coefficient (Wildman–Crippen LogP) is 4.96. The molecule has 1 unspecified atom stereocenters. The molecular weight excluding hydrogens is 396 g/mol. The molecule has 0 spiro atoms. The first-order valence-electron chi connectivity index (χ1n) is 9.99. The molecule has 1 saturated carbocycles. The molecule has 0 bridgehead atoms. The van der Waals surface area contributed by atoms with E-state index < -0.39 is 16.8 Å². The zero-order chi connectivity index (χ0) is 21.4. The summed E-state index contributed by atoms with van der Waals surface area (Å²) in [7, 11) is 0. The van der Waals surface area contributed by atoms with Crippen LogP contribution in [0.5, 0.6) is 0 Å². The molecule has 5 nitrogen and oxygen atoms in total. The molecule has 6 heteroatoms. The fourth-order valence-corrected chi connectivity index (χ4v) is 5.14. The SMILES string of the molecule is CCOC(=O)c1sc(NC(=O)C2(C)CC2(c2ccccc2)c2ccccc2)nc1C. The standard InChI is InChI=1S/C24H24N2O3S/c1-4-29-20(27)19-16(2)25-22(30-19)26-21(28)23(3)15-24(23,17-11-7-5-8-12-17)18-13-9-6-10-14-18/h5-14H,4,15H2,1-3H3,(H,25,26,28). The van der Waals surface area contributed by atoms with Crippen molar-refractivity contribution >= 4 is 28.3 Å². The molecule has 1 N–H and O–H groups in total. The lowest BCUT2D eigenvalue weighted by atomic mass is 9.80. The van der Waals surface area contributed by atoms with Crippen LogP contribution in [0.15, 0.2) is 60.7 Å². The normalized spacial score (nSPS) is 19.2. The number of hydrogen-bond donors (Lipinski definition) is 1. The number of aromatic nitrogens is 1. The number of aryl methyl sites for hydroxylation is 1. The molecule has 1 heterocycles. The van der Waals surface area contributed by atoms with E-state index in [9.17, 15) is 9.59 Å². The highest BCUT2D eigenvalue weighted by atomic mass is 32.1. The second-order valence-corrected chi connectivity index (χ2v) is 8.75. The van der Waals surface area contributed by atoms with Crippen LogP contribution in [0.2, 0.25) is 0 Å². The number of benzene rings is 2. The van der Waals surface area contributed by atoms with Crippen LogP contribution in [0.3, 0.4) is 0 Å². The molecule has 154 valence electrons. The smallest absolute Gasteiger partial charge is 0.350 e. The van der Waals surface area contributed by atoms with Crippen molar-refractivity contribution in [3.05, 3.63) is 82.4 Å². The van der Waals surface area contributed by atoms with E-state index in [1.807, 2.05) is 43.3 Å². The summed E-state index contributed by atoms with van der Waals surface area (Å²) in [5.41, 5.74) is 1.79. The Kier molecular flexibility index (Phi) is 5.20. The Morgan fingerprint density at radius 1 is 1.07 bits per heavy atom. The van der Waals surface area contributed by atoms with Gasteiger partial charge in [0.25, 0.3) is 0 Å². The highest BCUT2D eigenvalue weighted by Gasteiger charge is 2.70. The third-order valence-electron chi connectivity index (χ3n) is 5.95. The largest absolute Gasteiger partial charge is 0.462 e. The zero-order valence-corrected chi connectivity index (χ0v) is 18.1. The molecule has 2 aromatic carbocycles. The minimum absolute atomic E-state index is 0.0978. The van der Waals surface area contributed by atoms with Crippen molar-refractivity contribution < 1.29 is 14.3 Å². The fourth-order valence-electron chi connectivity index (χ4n) is 4.28.